The fraction of sp³-hybridized carbons (Fsp3) is 0.105. The summed E-state index contributed by atoms with van der Waals surface area (Å²) in [6.45, 7) is 4.26. The number of pyridine rings is 1. The van der Waals surface area contributed by atoms with Crippen LogP contribution in [0, 0.1) is 5.82 Å². The molecule has 2 aromatic heterocycles. The van der Waals surface area contributed by atoms with Gasteiger partial charge in [-0.15, -0.1) is 6.58 Å². The summed E-state index contributed by atoms with van der Waals surface area (Å²) in [6.07, 6.45) is 4.59. The normalized spacial score (nSPS) is 10.5. The third-order valence-electron chi connectivity index (χ3n) is 3.78. The number of fused-ring (bicyclic) bond motifs is 1. The third kappa shape index (κ3) is 3.61. The zero-order valence-corrected chi connectivity index (χ0v) is 13.9. The lowest BCUT2D eigenvalue weighted by Gasteiger charge is -2.10. The van der Waals surface area contributed by atoms with Gasteiger partial charge < -0.3 is 10.6 Å². The predicted molar refractivity (Wildman–Crippen MR) is 97.7 cm³/mol. The first-order chi connectivity index (χ1) is 12.6. The molecule has 6 nitrogen and oxygen atoms in total. The molecule has 26 heavy (non-hydrogen) atoms. The number of anilines is 1. The smallest absolute Gasteiger partial charge is 0.281 e. The minimum absolute atomic E-state index is 0.239. The second-order valence-electron chi connectivity index (χ2n) is 5.57. The number of aromatic nitrogens is 2. The van der Waals surface area contributed by atoms with Crippen LogP contribution in [0.1, 0.15) is 15.9 Å². The molecule has 0 bridgehead atoms. The maximum atomic E-state index is 12.9. The summed E-state index contributed by atoms with van der Waals surface area (Å²) < 4.78 is 14.3. The Morgan fingerprint density at radius 1 is 1.27 bits per heavy atom. The molecule has 0 aliphatic carbocycles. The molecule has 1 aromatic carbocycles. The summed E-state index contributed by atoms with van der Waals surface area (Å²) in [5.41, 5.74) is 1.33. The Morgan fingerprint density at radius 3 is 2.77 bits per heavy atom. The van der Waals surface area contributed by atoms with E-state index in [-0.39, 0.29) is 35.0 Å². The van der Waals surface area contributed by atoms with E-state index in [1.54, 1.807) is 36.5 Å². The second kappa shape index (κ2) is 7.60. The first-order valence-electron chi connectivity index (χ1n) is 7.98. The van der Waals surface area contributed by atoms with Crippen molar-refractivity contribution < 1.29 is 9.18 Å². The van der Waals surface area contributed by atoms with Gasteiger partial charge in [0.05, 0.1) is 11.8 Å². The number of rotatable bonds is 6. The topological polar surface area (TPSA) is 75.5 Å². The van der Waals surface area contributed by atoms with Crippen molar-refractivity contribution in [2.24, 2.45) is 0 Å². The zero-order chi connectivity index (χ0) is 18.5. The molecule has 2 heterocycles. The number of hydrogen-bond donors (Lipinski definition) is 2. The molecule has 0 saturated heterocycles. The molecular weight excluding hydrogens is 335 g/mol. The number of carbonyl (C=O) groups is 1. The summed E-state index contributed by atoms with van der Waals surface area (Å²) in [6, 6.07) is 9.06. The Kier molecular flexibility index (Phi) is 5.07. The number of benzene rings is 1. The Labute approximate surface area is 149 Å². The molecule has 0 aliphatic heterocycles. The van der Waals surface area contributed by atoms with Gasteiger partial charge in [-0.25, -0.2) is 9.37 Å². The van der Waals surface area contributed by atoms with E-state index in [2.05, 4.69) is 22.2 Å². The van der Waals surface area contributed by atoms with Crippen LogP contribution in [0.15, 0.2) is 66.2 Å². The maximum absolute atomic E-state index is 12.9. The van der Waals surface area contributed by atoms with Crippen molar-refractivity contribution in [2.45, 2.75) is 6.54 Å². The van der Waals surface area contributed by atoms with Gasteiger partial charge in [0.15, 0.2) is 5.65 Å². The van der Waals surface area contributed by atoms with E-state index in [9.17, 15) is 14.0 Å². The highest BCUT2D eigenvalue weighted by Gasteiger charge is 2.13. The van der Waals surface area contributed by atoms with Crippen molar-refractivity contribution in [3.05, 3.63) is 88.7 Å². The van der Waals surface area contributed by atoms with Gasteiger partial charge in [-0.2, -0.15) is 0 Å². The number of nitrogens with one attached hydrogen (secondary N) is 2. The average molecular weight is 352 g/mol. The average Bonchev–Trinajstić information content (AvgIpc) is 2.66. The molecule has 1 amide bonds. The highest BCUT2D eigenvalue weighted by Crippen LogP contribution is 2.09. The molecule has 132 valence electrons. The molecule has 0 atom stereocenters. The van der Waals surface area contributed by atoms with Gasteiger partial charge in [0.1, 0.15) is 11.5 Å². The number of amides is 1. The van der Waals surface area contributed by atoms with Gasteiger partial charge >= 0.3 is 0 Å². The van der Waals surface area contributed by atoms with Crippen LogP contribution in [0.25, 0.3) is 5.65 Å². The summed E-state index contributed by atoms with van der Waals surface area (Å²) in [5.74, 6) is -0.704. The second-order valence-corrected chi connectivity index (χ2v) is 5.57. The third-order valence-corrected chi connectivity index (χ3v) is 3.78. The molecule has 2 N–H and O–H groups in total. The standard InChI is InChI=1S/C19H17FN4O2/c1-2-9-21-16-12-22-17-15(4-3-10-24(17)19(16)26)18(25)23-11-13-5-7-14(20)8-6-13/h2-8,10,12,21H,1,9,11H2,(H,23,25). The lowest BCUT2D eigenvalue weighted by Crippen LogP contribution is -2.26. The first-order valence-corrected chi connectivity index (χ1v) is 7.98. The van der Waals surface area contributed by atoms with Crippen molar-refractivity contribution in [2.75, 3.05) is 11.9 Å². The minimum Gasteiger partial charge on any atom is -0.376 e. The Balaban J connectivity index is 1.86. The van der Waals surface area contributed by atoms with E-state index in [4.69, 9.17) is 0 Å². The van der Waals surface area contributed by atoms with E-state index in [0.717, 1.165) is 5.56 Å². The fourth-order valence-electron chi connectivity index (χ4n) is 2.47. The Morgan fingerprint density at radius 2 is 2.04 bits per heavy atom. The van der Waals surface area contributed by atoms with Gasteiger partial charge in [-0.3, -0.25) is 14.0 Å². The number of nitrogens with zero attached hydrogens (tertiary/aromatic N) is 2. The zero-order valence-electron chi connectivity index (χ0n) is 13.9. The lowest BCUT2D eigenvalue weighted by atomic mass is 10.2. The molecule has 0 unspecified atom stereocenters. The van der Waals surface area contributed by atoms with Crippen LogP contribution >= 0.6 is 0 Å². The maximum Gasteiger partial charge on any atom is 0.281 e. The van der Waals surface area contributed by atoms with Crippen molar-refractivity contribution in [1.29, 1.82) is 0 Å². The first kappa shape index (κ1) is 17.3. The summed E-state index contributed by atoms with van der Waals surface area (Å²) in [5, 5.41) is 5.66. The van der Waals surface area contributed by atoms with E-state index in [0.29, 0.717) is 12.2 Å². The lowest BCUT2D eigenvalue weighted by molar-refractivity contribution is 0.0952. The molecule has 0 fully saturated rings. The van der Waals surface area contributed by atoms with E-state index >= 15 is 0 Å². The summed E-state index contributed by atoms with van der Waals surface area (Å²) >= 11 is 0. The van der Waals surface area contributed by atoms with Crippen LogP contribution in [0.2, 0.25) is 0 Å². The van der Waals surface area contributed by atoms with E-state index in [1.165, 1.54) is 22.7 Å². The summed E-state index contributed by atoms with van der Waals surface area (Å²) in [4.78, 5) is 29.2. The highest BCUT2D eigenvalue weighted by molar-refractivity contribution is 5.99. The van der Waals surface area contributed by atoms with Crippen LogP contribution in [-0.2, 0) is 6.54 Å². The summed E-state index contributed by atoms with van der Waals surface area (Å²) in [7, 11) is 0. The van der Waals surface area contributed by atoms with Gasteiger partial charge in [-0.05, 0) is 29.8 Å². The molecule has 0 spiro atoms. The van der Waals surface area contributed by atoms with Gasteiger partial charge in [0, 0.05) is 19.3 Å². The van der Waals surface area contributed by atoms with Crippen LogP contribution in [0.3, 0.4) is 0 Å². The van der Waals surface area contributed by atoms with Crippen LogP contribution in [0.5, 0.6) is 0 Å². The predicted octanol–water partition coefficient (Wildman–Crippen LogP) is 2.36. The molecular formula is C19H17FN4O2. The van der Waals surface area contributed by atoms with Gasteiger partial charge in [0.2, 0.25) is 0 Å². The monoisotopic (exact) mass is 352 g/mol. The van der Waals surface area contributed by atoms with Crippen LogP contribution in [-0.4, -0.2) is 21.8 Å². The largest absolute Gasteiger partial charge is 0.376 e. The number of carbonyl (C=O) groups excluding carboxylic acids is 1. The highest BCUT2D eigenvalue weighted by atomic mass is 19.1. The minimum atomic E-state index is -0.369. The van der Waals surface area contributed by atoms with Gasteiger partial charge in [-0.1, -0.05) is 18.2 Å². The van der Waals surface area contributed by atoms with Crippen molar-refractivity contribution in [3.8, 4) is 0 Å². The quantitative estimate of drug-likeness (QED) is 0.668. The van der Waals surface area contributed by atoms with Crippen LogP contribution in [0.4, 0.5) is 10.1 Å². The van der Waals surface area contributed by atoms with Crippen molar-refractivity contribution >= 4 is 17.2 Å². The van der Waals surface area contributed by atoms with E-state index < -0.39 is 0 Å². The molecule has 7 heteroatoms. The number of halogens is 1. The molecule has 0 radical (unpaired) electrons. The number of hydrogen-bond acceptors (Lipinski definition) is 4. The molecule has 0 saturated carbocycles. The van der Waals surface area contributed by atoms with E-state index in [1.807, 2.05) is 0 Å². The van der Waals surface area contributed by atoms with Crippen molar-refractivity contribution in [3.63, 3.8) is 0 Å². The Bertz CT molecular complexity index is 1010. The molecule has 0 aliphatic rings. The van der Waals surface area contributed by atoms with Gasteiger partial charge in [0.25, 0.3) is 11.5 Å². The Hall–Kier alpha value is -3.48. The molecule has 3 aromatic rings. The molecule has 3 rings (SSSR count). The van der Waals surface area contributed by atoms with Crippen molar-refractivity contribution in [1.82, 2.24) is 14.7 Å². The van der Waals surface area contributed by atoms with Crippen LogP contribution < -0.4 is 16.2 Å². The SMILES string of the molecule is C=CCNc1cnc2c(C(=O)NCc3ccc(F)cc3)cccn2c1=O. The fourth-order valence-corrected chi connectivity index (χ4v) is 2.47.